The van der Waals surface area contributed by atoms with Crippen LogP contribution in [0.2, 0.25) is 5.02 Å². The molecule has 0 aliphatic rings. The van der Waals surface area contributed by atoms with Gasteiger partial charge in [0.2, 0.25) is 11.7 Å². The van der Waals surface area contributed by atoms with E-state index < -0.39 is 6.10 Å². The molecule has 7 nitrogen and oxygen atoms in total. The molecule has 0 spiro atoms. The van der Waals surface area contributed by atoms with Gasteiger partial charge in [-0.2, -0.15) is 4.98 Å². The number of ether oxygens (including phenoxy) is 2. The summed E-state index contributed by atoms with van der Waals surface area (Å²) in [7, 11) is 1.58. The molecule has 0 saturated heterocycles. The highest BCUT2D eigenvalue weighted by Gasteiger charge is 2.19. The van der Waals surface area contributed by atoms with E-state index in [1.807, 2.05) is 13.0 Å². The molecule has 1 N–H and O–H groups in total. The van der Waals surface area contributed by atoms with Gasteiger partial charge in [-0.3, -0.25) is 4.79 Å². The molecular formula is C20H20ClN3O4. The topological polar surface area (TPSA) is 86.5 Å². The Morgan fingerprint density at radius 2 is 1.96 bits per heavy atom. The van der Waals surface area contributed by atoms with Gasteiger partial charge in [0.25, 0.3) is 5.91 Å². The normalized spacial score (nSPS) is 11.7. The molecule has 2 aromatic carbocycles. The maximum atomic E-state index is 12.4. The van der Waals surface area contributed by atoms with Crippen LogP contribution in [0.4, 0.5) is 0 Å². The summed E-state index contributed by atoms with van der Waals surface area (Å²) >= 11 is 5.88. The Bertz CT molecular complexity index is 927. The number of aromatic nitrogens is 2. The molecule has 146 valence electrons. The first-order chi connectivity index (χ1) is 13.6. The van der Waals surface area contributed by atoms with Gasteiger partial charge in [0.05, 0.1) is 13.7 Å². The lowest BCUT2D eigenvalue weighted by Crippen LogP contribution is -2.37. The summed E-state index contributed by atoms with van der Waals surface area (Å²) in [5, 5.41) is 7.31. The van der Waals surface area contributed by atoms with Gasteiger partial charge in [-0.05, 0) is 42.8 Å². The number of rotatable bonds is 8. The largest absolute Gasteiger partial charge is 0.497 e. The summed E-state index contributed by atoms with van der Waals surface area (Å²) in [6, 6.07) is 14.2. The van der Waals surface area contributed by atoms with Crippen LogP contribution in [0.5, 0.6) is 11.5 Å². The van der Waals surface area contributed by atoms with Crippen molar-refractivity contribution in [2.75, 3.05) is 7.11 Å². The summed E-state index contributed by atoms with van der Waals surface area (Å²) in [4.78, 5) is 16.7. The van der Waals surface area contributed by atoms with Crippen LogP contribution in [-0.2, 0) is 11.3 Å². The van der Waals surface area contributed by atoms with E-state index in [-0.39, 0.29) is 12.5 Å². The minimum absolute atomic E-state index is 0.109. The average Bonchev–Trinajstić information content (AvgIpc) is 3.20. The van der Waals surface area contributed by atoms with Crippen LogP contribution < -0.4 is 14.8 Å². The van der Waals surface area contributed by atoms with E-state index in [0.717, 1.165) is 5.56 Å². The number of amides is 1. The maximum absolute atomic E-state index is 12.4. The number of carbonyl (C=O) groups excluding carboxylic acids is 1. The van der Waals surface area contributed by atoms with Crippen LogP contribution in [-0.4, -0.2) is 29.3 Å². The Balaban J connectivity index is 1.58. The lowest BCUT2D eigenvalue weighted by molar-refractivity contribution is -0.128. The van der Waals surface area contributed by atoms with E-state index in [9.17, 15) is 4.79 Å². The third-order valence-electron chi connectivity index (χ3n) is 3.97. The van der Waals surface area contributed by atoms with Crippen molar-refractivity contribution in [3.8, 4) is 22.9 Å². The van der Waals surface area contributed by atoms with Gasteiger partial charge in [0.1, 0.15) is 11.5 Å². The molecule has 0 saturated carbocycles. The molecule has 3 aromatic rings. The fourth-order valence-electron chi connectivity index (χ4n) is 2.48. The third kappa shape index (κ3) is 5.01. The number of methoxy groups -OCH3 is 1. The first-order valence-electron chi connectivity index (χ1n) is 8.76. The van der Waals surface area contributed by atoms with Gasteiger partial charge in [0, 0.05) is 16.7 Å². The number of carbonyl (C=O) groups is 1. The molecule has 1 unspecified atom stereocenters. The molecule has 0 bridgehead atoms. The van der Waals surface area contributed by atoms with E-state index in [0.29, 0.717) is 34.7 Å². The van der Waals surface area contributed by atoms with Crippen molar-refractivity contribution in [3.63, 3.8) is 0 Å². The van der Waals surface area contributed by atoms with Gasteiger partial charge in [-0.15, -0.1) is 0 Å². The maximum Gasteiger partial charge on any atom is 0.261 e. The van der Waals surface area contributed by atoms with Gasteiger partial charge < -0.3 is 19.3 Å². The van der Waals surface area contributed by atoms with E-state index in [4.69, 9.17) is 25.6 Å². The van der Waals surface area contributed by atoms with Crippen molar-refractivity contribution >= 4 is 17.5 Å². The van der Waals surface area contributed by atoms with Crippen LogP contribution in [0.25, 0.3) is 11.4 Å². The predicted molar refractivity (Wildman–Crippen MR) is 104 cm³/mol. The zero-order chi connectivity index (χ0) is 19.9. The van der Waals surface area contributed by atoms with Crippen molar-refractivity contribution in [1.29, 1.82) is 0 Å². The van der Waals surface area contributed by atoms with Crippen molar-refractivity contribution in [2.45, 2.75) is 26.0 Å². The molecule has 0 fully saturated rings. The zero-order valence-corrected chi connectivity index (χ0v) is 16.3. The molecule has 28 heavy (non-hydrogen) atoms. The Labute approximate surface area is 167 Å². The van der Waals surface area contributed by atoms with Crippen LogP contribution in [0.3, 0.4) is 0 Å². The average molecular weight is 402 g/mol. The number of hydrogen-bond acceptors (Lipinski definition) is 6. The SMILES string of the molecule is CCC(Oc1cccc(OC)c1)C(=O)NCc1nc(-c2ccc(Cl)cc2)no1. The van der Waals surface area contributed by atoms with E-state index >= 15 is 0 Å². The van der Waals surface area contributed by atoms with Gasteiger partial charge >= 0.3 is 0 Å². The minimum Gasteiger partial charge on any atom is -0.497 e. The van der Waals surface area contributed by atoms with Crippen molar-refractivity contribution in [2.24, 2.45) is 0 Å². The first kappa shape index (κ1) is 19.7. The Kier molecular flexibility index (Phi) is 6.49. The van der Waals surface area contributed by atoms with Crippen LogP contribution in [0.15, 0.2) is 53.1 Å². The molecule has 1 atom stereocenters. The summed E-state index contributed by atoms with van der Waals surface area (Å²) in [6.07, 6.45) is -0.145. The van der Waals surface area contributed by atoms with E-state index in [1.54, 1.807) is 49.6 Å². The van der Waals surface area contributed by atoms with E-state index in [1.165, 1.54) is 0 Å². The monoisotopic (exact) mass is 401 g/mol. The first-order valence-corrected chi connectivity index (χ1v) is 9.13. The summed E-state index contributed by atoms with van der Waals surface area (Å²) < 4.78 is 16.1. The lowest BCUT2D eigenvalue weighted by Gasteiger charge is -2.17. The molecule has 1 amide bonds. The highest BCUT2D eigenvalue weighted by molar-refractivity contribution is 6.30. The standard InChI is InChI=1S/C20H20ClN3O4/c1-3-17(27-16-6-4-5-15(11-16)26-2)20(25)22-12-18-23-19(24-28-18)13-7-9-14(21)10-8-13/h4-11,17H,3,12H2,1-2H3,(H,22,25). The number of benzene rings is 2. The van der Waals surface area contributed by atoms with Crippen LogP contribution >= 0.6 is 11.6 Å². The summed E-state index contributed by atoms with van der Waals surface area (Å²) in [5.74, 6) is 1.68. The summed E-state index contributed by atoms with van der Waals surface area (Å²) in [6.45, 7) is 1.98. The highest BCUT2D eigenvalue weighted by atomic mass is 35.5. The van der Waals surface area contributed by atoms with Crippen molar-refractivity contribution in [1.82, 2.24) is 15.5 Å². The fourth-order valence-corrected chi connectivity index (χ4v) is 2.61. The van der Waals surface area contributed by atoms with Gasteiger partial charge in [-0.1, -0.05) is 29.7 Å². The molecule has 0 aliphatic heterocycles. The van der Waals surface area contributed by atoms with Crippen molar-refractivity contribution < 1.29 is 18.8 Å². The lowest BCUT2D eigenvalue weighted by atomic mass is 10.2. The number of hydrogen-bond donors (Lipinski definition) is 1. The summed E-state index contributed by atoms with van der Waals surface area (Å²) in [5.41, 5.74) is 0.776. The smallest absolute Gasteiger partial charge is 0.261 e. The Morgan fingerprint density at radius 1 is 1.21 bits per heavy atom. The van der Waals surface area contributed by atoms with Gasteiger partial charge in [-0.25, -0.2) is 0 Å². The van der Waals surface area contributed by atoms with E-state index in [2.05, 4.69) is 15.5 Å². The molecule has 3 rings (SSSR count). The minimum atomic E-state index is -0.647. The van der Waals surface area contributed by atoms with Gasteiger partial charge in [0.15, 0.2) is 6.10 Å². The molecular weight excluding hydrogens is 382 g/mol. The Hall–Kier alpha value is -3.06. The molecule has 1 heterocycles. The van der Waals surface area contributed by atoms with Crippen LogP contribution in [0.1, 0.15) is 19.2 Å². The van der Waals surface area contributed by atoms with Crippen molar-refractivity contribution in [3.05, 3.63) is 59.4 Å². The number of nitrogens with zero attached hydrogens (tertiary/aromatic N) is 2. The van der Waals surface area contributed by atoms with Crippen LogP contribution in [0, 0.1) is 0 Å². The zero-order valence-electron chi connectivity index (χ0n) is 15.5. The second-order valence-electron chi connectivity index (χ2n) is 5.93. The molecule has 0 radical (unpaired) electrons. The second-order valence-corrected chi connectivity index (χ2v) is 6.37. The third-order valence-corrected chi connectivity index (χ3v) is 4.22. The quantitative estimate of drug-likeness (QED) is 0.616. The Morgan fingerprint density at radius 3 is 2.68 bits per heavy atom. The number of halogens is 1. The fraction of sp³-hybridized carbons (Fsp3) is 0.250. The number of nitrogens with one attached hydrogen (secondary N) is 1. The highest BCUT2D eigenvalue weighted by Crippen LogP contribution is 2.21. The second kappa shape index (κ2) is 9.23. The molecule has 8 heteroatoms. The molecule has 0 aliphatic carbocycles. The predicted octanol–water partition coefficient (Wildman–Crippen LogP) is 3.87. The molecule has 1 aromatic heterocycles.